The predicted molar refractivity (Wildman–Crippen MR) is 42.0 cm³/mol. The average molecular weight is 205 g/mol. The van der Waals surface area contributed by atoms with Gasteiger partial charge in [-0.3, -0.25) is 0 Å². The number of nitrogens with zero attached hydrogens (tertiary/aromatic N) is 2. The second kappa shape index (κ2) is 2.80. The van der Waals surface area contributed by atoms with Crippen molar-refractivity contribution in [3.05, 3.63) is 22.6 Å². The van der Waals surface area contributed by atoms with Crippen molar-refractivity contribution in [3.8, 4) is 11.7 Å². The van der Waals surface area contributed by atoms with Crippen molar-refractivity contribution in [3.63, 3.8) is 0 Å². The van der Waals surface area contributed by atoms with Gasteiger partial charge in [0.2, 0.25) is 0 Å². The van der Waals surface area contributed by atoms with Crippen LogP contribution in [0.25, 0.3) is 11.7 Å². The molecule has 12 heavy (non-hydrogen) atoms. The maximum atomic E-state index is 5.53. The lowest BCUT2D eigenvalue weighted by atomic mass is 10.4. The summed E-state index contributed by atoms with van der Waals surface area (Å²) < 4.78 is 9.71. The second-order valence-electron chi connectivity index (χ2n) is 1.97. The Morgan fingerprint density at radius 1 is 1.25 bits per heavy atom. The molecule has 0 radical (unpaired) electrons. The highest BCUT2D eigenvalue weighted by Gasteiger charge is 2.10. The number of furan rings is 1. The van der Waals surface area contributed by atoms with Crippen molar-refractivity contribution in [2.75, 3.05) is 0 Å². The summed E-state index contributed by atoms with van der Waals surface area (Å²) in [4.78, 5) is 3.73. The number of hydrogen-bond donors (Lipinski definition) is 0. The van der Waals surface area contributed by atoms with Crippen LogP contribution in [0.3, 0.4) is 0 Å². The van der Waals surface area contributed by atoms with Gasteiger partial charge in [0.05, 0.1) is 0 Å². The van der Waals surface area contributed by atoms with E-state index >= 15 is 0 Å². The van der Waals surface area contributed by atoms with Gasteiger partial charge < -0.3 is 8.94 Å². The minimum Gasteiger partial charge on any atom is -0.440 e. The van der Waals surface area contributed by atoms with E-state index in [1.807, 2.05) is 0 Å². The molecule has 0 spiro atoms. The topological polar surface area (TPSA) is 52.1 Å². The monoisotopic (exact) mass is 204 g/mol. The van der Waals surface area contributed by atoms with E-state index < -0.39 is 0 Å². The van der Waals surface area contributed by atoms with Crippen molar-refractivity contribution in [1.82, 2.24) is 10.1 Å². The van der Waals surface area contributed by atoms with Crippen LogP contribution in [0, 0.1) is 0 Å². The van der Waals surface area contributed by atoms with Gasteiger partial charge in [-0.25, -0.2) is 0 Å². The van der Waals surface area contributed by atoms with E-state index in [4.69, 9.17) is 32.1 Å². The molecule has 0 amide bonds. The fourth-order valence-corrected chi connectivity index (χ4v) is 0.992. The van der Waals surface area contributed by atoms with E-state index in [-0.39, 0.29) is 16.4 Å². The molecule has 0 aromatic carbocycles. The van der Waals surface area contributed by atoms with Gasteiger partial charge in [-0.1, -0.05) is 0 Å². The molecule has 2 aromatic rings. The summed E-state index contributed by atoms with van der Waals surface area (Å²) in [6, 6.07) is 3.20. The molecule has 0 fully saturated rings. The lowest BCUT2D eigenvalue weighted by Gasteiger charge is -1.82. The molecule has 0 saturated carbocycles. The van der Waals surface area contributed by atoms with E-state index in [9.17, 15) is 0 Å². The molecule has 0 aliphatic heterocycles. The Kier molecular flexibility index (Phi) is 1.78. The van der Waals surface area contributed by atoms with E-state index in [0.29, 0.717) is 5.76 Å². The second-order valence-corrected chi connectivity index (χ2v) is 2.68. The van der Waals surface area contributed by atoms with Crippen molar-refractivity contribution >= 4 is 23.2 Å². The molecule has 2 heterocycles. The van der Waals surface area contributed by atoms with Gasteiger partial charge in [0.15, 0.2) is 11.0 Å². The van der Waals surface area contributed by atoms with Crippen LogP contribution in [0.2, 0.25) is 10.5 Å². The van der Waals surface area contributed by atoms with E-state index in [1.54, 1.807) is 12.1 Å². The Bertz CT molecular complexity index is 357. The zero-order valence-corrected chi connectivity index (χ0v) is 7.13. The summed E-state index contributed by atoms with van der Waals surface area (Å²) in [6.07, 6.45) is 0. The predicted octanol–water partition coefficient (Wildman–Crippen LogP) is 2.64. The van der Waals surface area contributed by atoms with Gasteiger partial charge >= 0.3 is 0 Å². The quantitative estimate of drug-likeness (QED) is 0.717. The Hall–Kier alpha value is -1.00. The Labute approximate surface area is 77.1 Å². The smallest absolute Gasteiger partial charge is 0.294 e. The van der Waals surface area contributed by atoms with Crippen LogP contribution in [0.1, 0.15) is 0 Å². The highest BCUT2D eigenvalue weighted by atomic mass is 35.5. The number of rotatable bonds is 1. The highest BCUT2D eigenvalue weighted by molar-refractivity contribution is 6.29. The molecule has 0 saturated heterocycles. The average Bonchev–Trinajstić information content (AvgIpc) is 2.58. The number of halogens is 2. The van der Waals surface area contributed by atoms with Crippen molar-refractivity contribution < 1.29 is 8.94 Å². The Balaban J connectivity index is 2.43. The van der Waals surface area contributed by atoms with Gasteiger partial charge in [0.25, 0.3) is 11.2 Å². The molecule has 6 heteroatoms. The molecule has 0 atom stereocenters. The third-order valence-electron chi connectivity index (χ3n) is 1.19. The van der Waals surface area contributed by atoms with Crippen LogP contribution in [0.5, 0.6) is 0 Å². The van der Waals surface area contributed by atoms with Crippen molar-refractivity contribution in [1.29, 1.82) is 0 Å². The minimum atomic E-state index is 0.0394. The summed E-state index contributed by atoms with van der Waals surface area (Å²) in [5.41, 5.74) is 0. The maximum absolute atomic E-state index is 5.53. The molecule has 0 unspecified atom stereocenters. The largest absolute Gasteiger partial charge is 0.440 e. The first-order chi connectivity index (χ1) is 5.75. The number of hydrogen-bond acceptors (Lipinski definition) is 4. The van der Waals surface area contributed by atoms with Crippen molar-refractivity contribution in [2.24, 2.45) is 0 Å². The summed E-state index contributed by atoms with van der Waals surface area (Å²) in [5.74, 6) is 0.617. The molecule has 0 bridgehead atoms. The fourth-order valence-electron chi connectivity index (χ4n) is 0.735. The zero-order valence-electron chi connectivity index (χ0n) is 5.62. The molecule has 2 aromatic heterocycles. The van der Waals surface area contributed by atoms with E-state index in [0.717, 1.165) is 0 Å². The lowest BCUT2D eigenvalue weighted by Crippen LogP contribution is -1.69. The van der Waals surface area contributed by atoms with Crippen LogP contribution in [-0.2, 0) is 0 Å². The Morgan fingerprint density at radius 3 is 2.58 bits per heavy atom. The molecule has 4 nitrogen and oxygen atoms in total. The van der Waals surface area contributed by atoms with Crippen LogP contribution in [0.15, 0.2) is 21.1 Å². The van der Waals surface area contributed by atoms with Crippen LogP contribution < -0.4 is 0 Å². The van der Waals surface area contributed by atoms with Gasteiger partial charge in [-0.2, -0.15) is 4.98 Å². The maximum Gasteiger partial charge on any atom is 0.294 e. The first-order valence-electron chi connectivity index (χ1n) is 3.00. The normalized spacial score (nSPS) is 10.5. The minimum absolute atomic E-state index is 0.0394. The highest BCUT2D eigenvalue weighted by Crippen LogP contribution is 2.23. The molecule has 62 valence electrons. The van der Waals surface area contributed by atoms with Crippen LogP contribution in [-0.4, -0.2) is 10.1 Å². The van der Waals surface area contributed by atoms with Crippen molar-refractivity contribution in [2.45, 2.75) is 0 Å². The van der Waals surface area contributed by atoms with Gasteiger partial charge in [0.1, 0.15) is 0 Å². The molecule has 0 aliphatic carbocycles. The SMILES string of the molecule is Clc1noc(-c2ccc(Cl)o2)n1. The van der Waals surface area contributed by atoms with E-state index in [2.05, 4.69) is 10.1 Å². The zero-order chi connectivity index (χ0) is 8.55. The summed E-state index contributed by atoms with van der Waals surface area (Å²) >= 11 is 11.0. The summed E-state index contributed by atoms with van der Waals surface area (Å²) in [5, 5.41) is 3.68. The molecular weight excluding hydrogens is 203 g/mol. The molecule has 0 N–H and O–H groups in total. The van der Waals surface area contributed by atoms with Crippen LogP contribution >= 0.6 is 23.2 Å². The summed E-state index contributed by atoms with van der Waals surface area (Å²) in [7, 11) is 0. The summed E-state index contributed by atoms with van der Waals surface area (Å²) in [6.45, 7) is 0. The number of aromatic nitrogens is 2. The molecular formula is C6H2Cl2N2O2. The Morgan fingerprint density at radius 2 is 2.08 bits per heavy atom. The molecule has 0 aliphatic rings. The lowest BCUT2D eigenvalue weighted by molar-refractivity contribution is 0.415. The van der Waals surface area contributed by atoms with E-state index in [1.165, 1.54) is 0 Å². The van der Waals surface area contributed by atoms with Gasteiger partial charge in [-0.15, -0.1) is 0 Å². The third kappa shape index (κ3) is 1.31. The standard InChI is InChI=1S/C6H2Cl2N2O2/c7-4-2-1-3(11-4)5-9-6(8)10-12-5/h1-2H. The van der Waals surface area contributed by atoms with Gasteiger partial charge in [0, 0.05) is 0 Å². The first-order valence-corrected chi connectivity index (χ1v) is 3.76. The first kappa shape index (κ1) is 7.64. The fraction of sp³-hybridized carbons (Fsp3) is 0. The van der Waals surface area contributed by atoms with Crippen LogP contribution in [0.4, 0.5) is 0 Å². The molecule has 2 rings (SSSR count). The third-order valence-corrected chi connectivity index (χ3v) is 1.54. The van der Waals surface area contributed by atoms with Gasteiger partial charge in [-0.05, 0) is 40.5 Å².